The van der Waals surface area contributed by atoms with Gasteiger partial charge in [-0.25, -0.2) is 0 Å². The lowest BCUT2D eigenvalue weighted by Gasteiger charge is -2.33. The van der Waals surface area contributed by atoms with E-state index in [2.05, 4.69) is 173 Å². The fourth-order valence-corrected chi connectivity index (χ4v) is 8.60. The normalized spacial score (nSPS) is 11.3. The number of benzene rings is 8. The zero-order valence-electron chi connectivity index (χ0n) is 33.6. The fraction of sp³-hybridized carbons (Fsp3) is 0.111. The molecule has 4 nitrogen and oxygen atoms in total. The molecule has 0 aliphatic carbocycles. The van der Waals surface area contributed by atoms with E-state index in [0.717, 1.165) is 112 Å². The standard InChI is InChI=1S/C54H50N4/c1-33-25-41(29-45(51(33)55)37-17-9-5-10-18-37)49(42-26-34(2)52(56)46(30-42)38-19-11-6-12-20-38)50(43-27-35(3)53(57)47(31-43)39-21-13-7-14-22-39)44-28-36(4)54(58)48(32-44)40-23-15-8-16-24-40/h5-32,49-50H,55-58H2,1-4H3. The van der Waals surface area contributed by atoms with Gasteiger partial charge in [0, 0.05) is 56.8 Å². The van der Waals surface area contributed by atoms with Gasteiger partial charge in [-0.1, -0.05) is 146 Å². The van der Waals surface area contributed by atoms with Gasteiger partial charge in [0.25, 0.3) is 0 Å². The molecule has 0 aliphatic heterocycles. The molecule has 8 rings (SSSR count). The van der Waals surface area contributed by atoms with Crippen molar-refractivity contribution in [3.05, 3.63) is 214 Å². The lowest BCUT2D eigenvalue weighted by atomic mass is 9.71. The van der Waals surface area contributed by atoms with E-state index in [4.69, 9.17) is 22.9 Å². The summed E-state index contributed by atoms with van der Waals surface area (Å²) in [5.74, 6) is -0.413. The topological polar surface area (TPSA) is 104 Å². The first-order valence-electron chi connectivity index (χ1n) is 19.9. The van der Waals surface area contributed by atoms with E-state index in [1.54, 1.807) is 0 Å². The average Bonchev–Trinajstić information content (AvgIpc) is 3.25. The van der Waals surface area contributed by atoms with Gasteiger partial charge >= 0.3 is 0 Å². The molecule has 0 aliphatic rings. The largest absolute Gasteiger partial charge is 0.398 e. The highest BCUT2D eigenvalue weighted by molar-refractivity contribution is 5.84. The number of aryl methyl sites for hydroxylation is 4. The van der Waals surface area contributed by atoms with Crippen molar-refractivity contribution in [3.8, 4) is 44.5 Å². The van der Waals surface area contributed by atoms with E-state index in [0.29, 0.717) is 0 Å². The van der Waals surface area contributed by atoms with Gasteiger partial charge in [-0.3, -0.25) is 0 Å². The van der Waals surface area contributed by atoms with Crippen molar-refractivity contribution >= 4 is 22.7 Å². The molecular weight excluding hydrogens is 705 g/mol. The minimum atomic E-state index is -0.207. The number of nitrogens with two attached hydrogens (primary N) is 4. The smallest absolute Gasteiger partial charge is 0.0423 e. The van der Waals surface area contributed by atoms with Crippen molar-refractivity contribution < 1.29 is 0 Å². The Hall–Kier alpha value is -7.04. The SMILES string of the molecule is Cc1cc(C(c2cc(C)c(N)c(-c3ccccc3)c2)C(c2cc(C)c(N)c(-c3ccccc3)c2)c2cc(C)c(N)c(-c3ccccc3)c2)cc(-c2ccccc2)c1N. The number of nitrogen functional groups attached to an aromatic ring is 4. The third kappa shape index (κ3) is 7.21. The summed E-state index contributed by atoms with van der Waals surface area (Å²) in [5, 5.41) is 0. The average molecular weight is 755 g/mol. The molecular formula is C54H50N4. The molecule has 0 unspecified atom stereocenters. The minimum Gasteiger partial charge on any atom is -0.398 e. The van der Waals surface area contributed by atoms with Crippen LogP contribution in [-0.2, 0) is 0 Å². The van der Waals surface area contributed by atoms with Gasteiger partial charge in [0.15, 0.2) is 0 Å². The molecule has 4 heteroatoms. The number of hydrogen-bond acceptors (Lipinski definition) is 4. The molecule has 0 amide bonds. The quantitative estimate of drug-likeness (QED) is 0.110. The van der Waals surface area contributed by atoms with E-state index in [-0.39, 0.29) is 11.8 Å². The first-order chi connectivity index (χ1) is 28.1. The van der Waals surface area contributed by atoms with E-state index < -0.39 is 0 Å². The van der Waals surface area contributed by atoms with E-state index in [9.17, 15) is 0 Å². The van der Waals surface area contributed by atoms with Gasteiger partial charge in [-0.05, 0) is 119 Å². The third-order valence-corrected chi connectivity index (χ3v) is 11.7. The summed E-state index contributed by atoms with van der Waals surface area (Å²) in [6, 6.07) is 60.1. The number of hydrogen-bond donors (Lipinski definition) is 4. The Morgan fingerprint density at radius 3 is 0.655 bits per heavy atom. The summed E-state index contributed by atoms with van der Waals surface area (Å²) in [4.78, 5) is 0. The molecule has 0 fully saturated rings. The molecule has 0 radical (unpaired) electrons. The van der Waals surface area contributed by atoms with E-state index in [1.165, 1.54) is 0 Å². The minimum absolute atomic E-state index is 0.207. The van der Waals surface area contributed by atoms with Crippen molar-refractivity contribution in [1.82, 2.24) is 0 Å². The van der Waals surface area contributed by atoms with Crippen LogP contribution in [0, 0.1) is 27.7 Å². The third-order valence-electron chi connectivity index (χ3n) is 11.7. The Morgan fingerprint density at radius 2 is 0.466 bits per heavy atom. The zero-order valence-corrected chi connectivity index (χ0v) is 33.6. The van der Waals surface area contributed by atoms with Gasteiger partial charge in [0.2, 0.25) is 0 Å². The highest BCUT2D eigenvalue weighted by Gasteiger charge is 2.32. The predicted molar refractivity (Wildman–Crippen MR) is 248 cm³/mol. The maximum absolute atomic E-state index is 6.96. The fourth-order valence-electron chi connectivity index (χ4n) is 8.60. The van der Waals surface area contributed by atoms with Gasteiger partial charge in [-0.2, -0.15) is 0 Å². The molecule has 0 aromatic heterocycles. The Morgan fingerprint density at radius 1 is 0.276 bits per heavy atom. The molecule has 0 saturated heterocycles. The van der Waals surface area contributed by atoms with Gasteiger partial charge < -0.3 is 22.9 Å². The maximum atomic E-state index is 6.96. The van der Waals surface area contributed by atoms with Crippen LogP contribution in [0.1, 0.15) is 56.3 Å². The Labute approximate surface area is 342 Å². The van der Waals surface area contributed by atoms with E-state index >= 15 is 0 Å². The second-order valence-electron chi connectivity index (χ2n) is 15.6. The second kappa shape index (κ2) is 15.8. The lowest BCUT2D eigenvalue weighted by molar-refractivity contribution is 0.693. The van der Waals surface area contributed by atoms with Crippen LogP contribution < -0.4 is 22.9 Å². The Kier molecular flexibility index (Phi) is 10.3. The molecule has 286 valence electrons. The monoisotopic (exact) mass is 754 g/mol. The van der Waals surface area contributed by atoms with Gasteiger partial charge in [0.1, 0.15) is 0 Å². The molecule has 0 spiro atoms. The molecule has 58 heavy (non-hydrogen) atoms. The van der Waals surface area contributed by atoms with Crippen LogP contribution in [0.15, 0.2) is 170 Å². The number of anilines is 4. The summed E-state index contributed by atoms with van der Waals surface area (Å²) in [5.41, 5.74) is 47.9. The van der Waals surface area contributed by atoms with E-state index in [1.807, 2.05) is 24.3 Å². The van der Waals surface area contributed by atoms with Crippen molar-refractivity contribution in [3.63, 3.8) is 0 Å². The predicted octanol–water partition coefficient (Wildman–Crippen LogP) is 12.9. The summed E-state index contributed by atoms with van der Waals surface area (Å²) in [7, 11) is 0. The van der Waals surface area contributed by atoms with Crippen molar-refractivity contribution in [2.24, 2.45) is 0 Å². The maximum Gasteiger partial charge on any atom is 0.0423 e. The van der Waals surface area contributed by atoms with Crippen LogP contribution in [0.5, 0.6) is 0 Å². The van der Waals surface area contributed by atoms with Crippen LogP contribution in [0.25, 0.3) is 44.5 Å². The van der Waals surface area contributed by atoms with Crippen molar-refractivity contribution in [1.29, 1.82) is 0 Å². The molecule has 0 atom stereocenters. The molecule has 0 heterocycles. The van der Waals surface area contributed by atoms with Crippen LogP contribution in [0.2, 0.25) is 0 Å². The Bertz CT molecular complexity index is 2360. The highest BCUT2D eigenvalue weighted by atomic mass is 14.6. The molecule has 0 bridgehead atoms. The number of rotatable bonds is 9. The van der Waals surface area contributed by atoms with Crippen LogP contribution in [0.4, 0.5) is 22.7 Å². The van der Waals surface area contributed by atoms with Crippen LogP contribution >= 0.6 is 0 Å². The molecule has 0 saturated carbocycles. The second-order valence-corrected chi connectivity index (χ2v) is 15.6. The first kappa shape index (κ1) is 37.9. The lowest BCUT2D eigenvalue weighted by Crippen LogP contribution is -2.17. The van der Waals surface area contributed by atoms with Crippen molar-refractivity contribution in [2.75, 3.05) is 22.9 Å². The molecule has 8 aromatic rings. The Balaban J connectivity index is 1.50. The summed E-state index contributed by atoms with van der Waals surface area (Å²) in [6.07, 6.45) is 0. The first-order valence-corrected chi connectivity index (χ1v) is 19.9. The summed E-state index contributed by atoms with van der Waals surface area (Å²) < 4.78 is 0. The highest BCUT2D eigenvalue weighted by Crippen LogP contribution is 2.50. The molecule has 8 aromatic carbocycles. The summed E-state index contributed by atoms with van der Waals surface area (Å²) in [6.45, 7) is 8.46. The van der Waals surface area contributed by atoms with Crippen LogP contribution in [-0.4, -0.2) is 0 Å². The molecule has 8 N–H and O–H groups in total. The zero-order chi connectivity index (χ0) is 40.5. The summed E-state index contributed by atoms with van der Waals surface area (Å²) >= 11 is 0. The van der Waals surface area contributed by atoms with Gasteiger partial charge in [-0.15, -0.1) is 0 Å². The van der Waals surface area contributed by atoms with Crippen molar-refractivity contribution in [2.45, 2.75) is 39.5 Å². The van der Waals surface area contributed by atoms with Gasteiger partial charge in [0.05, 0.1) is 0 Å². The van der Waals surface area contributed by atoms with Crippen LogP contribution in [0.3, 0.4) is 0 Å².